The second-order valence-corrected chi connectivity index (χ2v) is 6.00. The van der Waals surface area contributed by atoms with Crippen molar-refractivity contribution in [3.8, 4) is 0 Å². The standard InChI is InChI=1S/C17H22N4O4/c1-12-3-5-15(25-12)14(21-7-9-24-10-8-21)11-18-17(23)13-4-6-16(22)20(2)19-13/h3-6,14H,7-11H2,1-2H3,(H,18,23). The van der Waals surface area contributed by atoms with Crippen LogP contribution < -0.4 is 10.9 Å². The van der Waals surface area contributed by atoms with Crippen molar-refractivity contribution >= 4 is 5.91 Å². The summed E-state index contributed by atoms with van der Waals surface area (Å²) in [5, 5.41) is 6.87. The van der Waals surface area contributed by atoms with Gasteiger partial charge in [0, 0.05) is 32.7 Å². The van der Waals surface area contributed by atoms with Gasteiger partial charge in [-0.1, -0.05) is 0 Å². The van der Waals surface area contributed by atoms with E-state index in [1.165, 1.54) is 19.2 Å². The van der Waals surface area contributed by atoms with Crippen molar-refractivity contribution in [2.75, 3.05) is 32.8 Å². The number of hydrogen-bond donors (Lipinski definition) is 1. The van der Waals surface area contributed by atoms with Gasteiger partial charge in [-0.3, -0.25) is 14.5 Å². The van der Waals surface area contributed by atoms with E-state index in [4.69, 9.17) is 9.15 Å². The zero-order valence-electron chi connectivity index (χ0n) is 14.4. The predicted octanol–water partition coefficient (Wildman–Crippen LogP) is 0.485. The molecule has 1 unspecified atom stereocenters. The Kier molecular flexibility index (Phi) is 5.30. The third-order valence-electron chi connectivity index (χ3n) is 4.23. The van der Waals surface area contributed by atoms with E-state index in [2.05, 4.69) is 15.3 Å². The monoisotopic (exact) mass is 346 g/mol. The van der Waals surface area contributed by atoms with E-state index in [-0.39, 0.29) is 23.2 Å². The van der Waals surface area contributed by atoms with Crippen LogP contribution >= 0.6 is 0 Å². The summed E-state index contributed by atoms with van der Waals surface area (Å²) in [7, 11) is 1.52. The van der Waals surface area contributed by atoms with Crippen LogP contribution in [0.25, 0.3) is 0 Å². The summed E-state index contributed by atoms with van der Waals surface area (Å²) in [6.45, 7) is 5.15. The Hall–Kier alpha value is -2.45. The second kappa shape index (κ2) is 7.62. The van der Waals surface area contributed by atoms with Gasteiger partial charge in [0.2, 0.25) is 0 Å². The maximum atomic E-state index is 12.4. The molecule has 0 saturated carbocycles. The van der Waals surface area contributed by atoms with Crippen LogP contribution in [0.3, 0.4) is 0 Å². The molecule has 0 aromatic carbocycles. The summed E-state index contributed by atoms with van der Waals surface area (Å²) >= 11 is 0. The summed E-state index contributed by atoms with van der Waals surface area (Å²) < 4.78 is 12.3. The lowest BCUT2D eigenvalue weighted by molar-refractivity contribution is 0.0116. The first-order valence-corrected chi connectivity index (χ1v) is 8.25. The number of morpholine rings is 1. The third kappa shape index (κ3) is 4.15. The van der Waals surface area contributed by atoms with Crippen molar-refractivity contribution in [2.24, 2.45) is 7.05 Å². The average molecular weight is 346 g/mol. The molecular weight excluding hydrogens is 324 g/mol. The topological polar surface area (TPSA) is 89.6 Å². The van der Waals surface area contributed by atoms with Crippen LogP contribution in [0.5, 0.6) is 0 Å². The smallest absolute Gasteiger partial charge is 0.271 e. The molecule has 1 aliphatic rings. The molecule has 0 spiro atoms. The SMILES string of the molecule is Cc1ccc(C(CNC(=O)c2ccc(=O)n(C)n2)N2CCOCC2)o1. The van der Waals surface area contributed by atoms with E-state index in [1.807, 2.05) is 19.1 Å². The number of aromatic nitrogens is 2. The van der Waals surface area contributed by atoms with Crippen molar-refractivity contribution in [3.63, 3.8) is 0 Å². The maximum absolute atomic E-state index is 12.4. The van der Waals surface area contributed by atoms with Crippen LogP contribution in [0.4, 0.5) is 0 Å². The average Bonchev–Trinajstić information content (AvgIpc) is 3.04. The molecule has 8 heteroatoms. The fourth-order valence-electron chi connectivity index (χ4n) is 2.83. The number of rotatable bonds is 5. The Bertz CT molecular complexity index is 792. The number of ether oxygens (including phenoxy) is 1. The molecule has 2 aromatic heterocycles. The Morgan fingerprint density at radius 2 is 2.04 bits per heavy atom. The van der Waals surface area contributed by atoms with Crippen LogP contribution in [0.15, 0.2) is 33.5 Å². The molecule has 1 aliphatic heterocycles. The fourth-order valence-corrected chi connectivity index (χ4v) is 2.83. The Morgan fingerprint density at radius 1 is 1.28 bits per heavy atom. The molecule has 1 amide bonds. The number of aryl methyl sites for hydroxylation is 2. The molecule has 8 nitrogen and oxygen atoms in total. The summed E-state index contributed by atoms with van der Waals surface area (Å²) in [6, 6.07) is 6.54. The van der Waals surface area contributed by atoms with Crippen LogP contribution in [-0.2, 0) is 11.8 Å². The van der Waals surface area contributed by atoms with Crippen molar-refractivity contribution in [1.82, 2.24) is 20.0 Å². The Labute approximate surface area is 145 Å². The van der Waals surface area contributed by atoms with Gasteiger partial charge < -0.3 is 14.5 Å². The van der Waals surface area contributed by atoms with E-state index in [1.54, 1.807) is 0 Å². The minimum Gasteiger partial charge on any atom is -0.465 e. The molecule has 2 aromatic rings. The van der Waals surface area contributed by atoms with E-state index in [9.17, 15) is 9.59 Å². The van der Waals surface area contributed by atoms with Crippen LogP contribution in [0.1, 0.15) is 28.1 Å². The molecule has 1 N–H and O–H groups in total. The largest absolute Gasteiger partial charge is 0.465 e. The Balaban J connectivity index is 1.72. The highest BCUT2D eigenvalue weighted by molar-refractivity contribution is 5.92. The molecule has 1 saturated heterocycles. The molecule has 25 heavy (non-hydrogen) atoms. The zero-order chi connectivity index (χ0) is 17.8. The molecule has 3 heterocycles. The summed E-state index contributed by atoms with van der Waals surface area (Å²) in [4.78, 5) is 26.0. The molecule has 0 radical (unpaired) electrons. The lowest BCUT2D eigenvalue weighted by Crippen LogP contribution is -2.44. The molecule has 1 atom stereocenters. The van der Waals surface area contributed by atoms with Crippen LogP contribution in [0, 0.1) is 6.92 Å². The molecular formula is C17H22N4O4. The van der Waals surface area contributed by atoms with Crippen molar-refractivity contribution in [2.45, 2.75) is 13.0 Å². The number of carbonyl (C=O) groups is 1. The van der Waals surface area contributed by atoms with Crippen LogP contribution in [0.2, 0.25) is 0 Å². The molecule has 0 bridgehead atoms. The summed E-state index contributed by atoms with van der Waals surface area (Å²) in [5.41, 5.74) is -0.0488. The number of furan rings is 1. The minimum absolute atomic E-state index is 0.0749. The van der Waals surface area contributed by atoms with Gasteiger partial charge >= 0.3 is 0 Å². The summed E-state index contributed by atoms with van der Waals surface area (Å²) in [6.07, 6.45) is 0. The molecule has 1 fully saturated rings. The Morgan fingerprint density at radius 3 is 2.68 bits per heavy atom. The lowest BCUT2D eigenvalue weighted by Gasteiger charge is -2.33. The quantitative estimate of drug-likeness (QED) is 0.847. The fraction of sp³-hybridized carbons (Fsp3) is 0.471. The van der Waals surface area contributed by atoms with Gasteiger partial charge in [-0.2, -0.15) is 5.10 Å². The van der Waals surface area contributed by atoms with Gasteiger partial charge in [0.15, 0.2) is 0 Å². The van der Waals surface area contributed by atoms with Gasteiger partial charge in [0.1, 0.15) is 17.2 Å². The number of hydrogen-bond acceptors (Lipinski definition) is 6. The minimum atomic E-state index is -0.322. The highest BCUT2D eigenvalue weighted by Gasteiger charge is 2.26. The van der Waals surface area contributed by atoms with Gasteiger partial charge in [0.05, 0.1) is 19.3 Å². The van der Waals surface area contributed by atoms with E-state index in [0.29, 0.717) is 19.8 Å². The predicted molar refractivity (Wildman–Crippen MR) is 90.4 cm³/mol. The second-order valence-electron chi connectivity index (χ2n) is 6.00. The van der Waals surface area contributed by atoms with Crippen molar-refractivity contribution in [1.29, 1.82) is 0 Å². The molecule has 134 valence electrons. The molecule has 3 rings (SSSR count). The first-order valence-electron chi connectivity index (χ1n) is 8.25. The highest BCUT2D eigenvalue weighted by atomic mass is 16.5. The maximum Gasteiger partial charge on any atom is 0.271 e. The number of nitrogens with one attached hydrogen (secondary N) is 1. The lowest BCUT2D eigenvalue weighted by atomic mass is 10.1. The summed E-state index contributed by atoms with van der Waals surface area (Å²) in [5.74, 6) is 1.32. The number of amides is 1. The van der Waals surface area contributed by atoms with Crippen molar-refractivity contribution in [3.05, 3.63) is 51.8 Å². The van der Waals surface area contributed by atoms with Gasteiger partial charge in [-0.05, 0) is 25.1 Å². The van der Waals surface area contributed by atoms with E-state index >= 15 is 0 Å². The van der Waals surface area contributed by atoms with Gasteiger partial charge in [-0.15, -0.1) is 0 Å². The van der Waals surface area contributed by atoms with E-state index in [0.717, 1.165) is 29.3 Å². The first-order chi connectivity index (χ1) is 12.0. The van der Waals surface area contributed by atoms with Gasteiger partial charge in [0.25, 0.3) is 11.5 Å². The number of carbonyl (C=O) groups excluding carboxylic acids is 1. The third-order valence-corrected chi connectivity index (χ3v) is 4.23. The number of nitrogens with zero attached hydrogens (tertiary/aromatic N) is 3. The normalized spacial score (nSPS) is 16.6. The highest BCUT2D eigenvalue weighted by Crippen LogP contribution is 2.23. The van der Waals surface area contributed by atoms with Gasteiger partial charge in [-0.25, -0.2) is 4.68 Å². The zero-order valence-corrected chi connectivity index (χ0v) is 14.4. The first kappa shape index (κ1) is 17.4. The van der Waals surface area contributed by atoms with Crippen LogP contribution in [-0.4, -0.2) is 53.4 Å². The molecule has 0 aliphatic carbocycles. The van der Waals surface area contributed by atoms with E-state index < -0.39 is 0 Å². The van der Waals surface area contributed by atoms with Crippen molar-refractivity contribution < 1.29 is 13.9 Å².